The van der Waals surface area contributed by atoms with Crippen molar-refractivity contribution in [2.45, 2.75) is 6.42 Å². The third-order valence-electron chi connectivity index (χ3n) is 5.13. The van der Waals surface area contributed by atoms with Gasteiger partial charge in [0.1, 0.15) is 12.4 Å². The zero-order chi connectivity index (χ0) is 21.5. The topological polar surface area (TPSA) is 70.7 Å². The Morgan fingerprint density at radius 2 is 1.74 bits per heavy atom. The largest absolute Gasteiger partial charge is 0.492 e. The number of rotatable bonds is 8. The van der Waals surface area contributed by atoms with Gasteiger partial charge in [0.05, 0.1) is 13.1 Å². The van der Waals surface area contributed by atoms with Gasteiger partial charge in [-0.1, -0.05) is 42.5 Å². The zero-order valence-corrected chi connectivity index (χ0v) is 17.2. The Balaban J connectivity index is 1.26. The Kier molecular flexibility index (Phi) is 6.47. The van der Waals surface area contributed by atoms with Crippen LogP contribution in [0.2, 0.25) is 0 Å². The second kappa shape index (κ2) is 9.80. The van der Waals surface area contributed by atoms with Crippen LogP contribution in [0.1, 0.15) is 15.9 Å². The molecule has 158 valence electrons. The van der Waals surface area contributed by atoms with Crippen LogP contribution in [0.25, 0.3) is 0 Å². The summed E-state index contributed by atoms with van der Waals surface area (Å²) in [6, 6.07) is 24.7. The molecule has 0 bridgehead atoms. The van der Waals surface area contributed by atoms with E-state index in [-0.39, 0.29) is 18.4 Å². The maximum Gasteiger partial charge on any atom is 0.258 e. The second-order valence-corrected chi connectivity index (χ2v) is 7.28. The van der Waals surface area contributed by atoms with Crippen LogP contribution in [0.4, 0.5) is 11.4 Å². The summed E-state index contributed by atoms with van der Waals surface area (Å²) in [4.78, 5) is 26.9. The predicted octanol–water partition coefficient (Wildman–Crippen LogP) is 3.50. The van der Waals surface area contributed by atoms with Crippen molar-refractivity contribution in [1.82, 2.24) is 5.32 Å². The molecule has 0 atom stereocenters. The lowest BCUT2D eigenvalue weighted by molar-refractivity contribution is -0.119. The van der Waals surface area contributed by atoms with Gasteiger partial charge in [0.15, 0.2) is 0 Å². The van der Waals surface area contributed by atoms with E-state index in [0.29, 0.717) is 25.3 Å². The van der Waals surface area contributed by atoms with E-state index < -0.39 is 0 Å². The molecule has 0 spiro atoms. The Labute approximate surface area is 181 Å². The fourth-order valence-electron chi connectivity index (χ4n) is 3.59. The van der Waals surface area contributed by atoms with Crippen LogP contribution in [0.5, 0.6) is 5.75 Å². The lowest BCUT2D eigenvalue weighted by Gasteiger charge is -2.18. The van der Waals surface area contributed by atoms with Crippen LogP contribution in [0.3, 0.4) is 0 Å². The van der Waals surface area contributed by atoms with E-state index in [1.54, 1.807) is 12.1 Å². The molecule has 3 aromatic carbocycles. The quantitative estimate of drug-likeness (QED) is 0.553. The summed E-state index contributed by atoms with van der Waals surface area (Å²) in [6.45, 7) is 1.62. The van der Waals surface area contributed by atoms with Gasteiger partial charge in [-0.05, 0) is 48.4 Å². The molecule has 2 amide bonds. The van der Waals surface area contributed by atoms with Crippen LogP contribution in [0, 0.1) is 0 Å². The number of carbonyl (C=O) groups excluding carboxylic acids is 2. The molecular weight excluding hydrogens is 390 g/mol. The molecule has 0 unspecified atom stereocenters. The maximum absolute atomic E-state index is 13.0. The number of nitrogens with one attached hydrogen (secondary N) is 2. The fraction of sp³-hybridized carbons (Fsp3) is 0.200. The Morgan fingerprint density at radius 1 is 0.935 bits per heavy atom. The molecule has 6 heteroatoms. The molecule has 4 rings (SSSR count). The van der Waals surface area contributed by atoms with Crippen molar-refractivity contribution in [2.75, 3.05) is 36.5 Å². The Morgan fingerprint density at radius 3 is 2.61 bits per heavy atom. The van der Waals surface area contributed by atoms with Crippen LogP contribution in [-0.2, 0) is 11.2 Å². The van der Waals surface area contributed by atoms with E-state index in [0.717, 1.165) is 23.5 Å². The maximum atomic E-state index is 13.0. The van der Waals surface area contributed by atoms with Gasteiger partial charge in [-0.2, -0.15) is 0 Å². The lowest BCUT2D eigenvalue weighted by Crippen LogP contribution is -2.33. The highest BCUT2D eigenvalue weighted by Gasteiger charge is 2.25. The summed E-state index contributed by atoms with van der Waals surface area (Å²) in [5, 5.41) is 5.90. The molecule has 31 heavy (non-hydrogen) atoms. The predicted molar refractivity (Wildman–Crippen MR) is 122 cm³/mol. The number of ether oxygens (including phenoxy) is 1. The summed E-state index contributed by atoms with van der Waals surface area (Å²) < 4.78 is 5.56. The van der Waals surface area contributed by atoms with E-state index in [2.05, 4.69) is 16.7 Å². The van der Waals surface area contributed by atoms with Crippen LogP contribution in [0.15, 0.2) is 78.9 Å². The van der Waals surface area contributed by atoms with Gasteiger partial charge in [0.25, 0.3) is 5.91 Å². The summed E-state index contributed by atoms with van der Waals surface area (Å²) >= 11 is 0. The molecule has 6 nitrogen and oxygen atoms in total. The summed E-state index contributed by atoms with van der Waals surface area (Å²) in [7, 11) is 0. The molecule has 0 saturated heterocycles. The van der Waals surface area contributed by atoms with Crippen LogP contribution < -0.4 is 20.3 Å². The number of hydrogen-bond acceptors (Lipinski definition) is 4. The lowest BCUT2D eigenvalue weighted by atomic mass is 10.1. The molecule has 3 aromatic rings. The van der Waals surface area contributed by atoms with E-state index in [9.17, 15) is 9.59 Å². The molecular formula is C25H25N3O3. The number of hydrogen-bond donors (Lipinski definition) is 2. The third kappa shape index (κ3) is 5.22. The molecule has 0 radical (unpaired) electrons. The smallest absolute Gasteiger partial charge is 0.258 e. The molecule has 1 aliphatic heterocycles. The van der Waals surface area contributed by atoms with Gasteiger partial charge in [-0.3, -0.25) is 9.59 Å². The van der Waals surface area contributed by atoms with Crippen molar-refractivity contribution in [3.8, 4) is 5.75 Å². The van der Waals surface area contributed by atoms with Crippen molar-refractivity contribution < 1.29 is 14.3 Å². The highest BCUT2D eigenvalue weighted by Crippen LogP contribution is 2.29. The van der Waals surface area contributed by atoms with Gasteiger partial charge in [-0.15, -0.1) is 0 Å². The first-order valence-corrected chi connectivity index (χ1v) is 10.4. The number of nitrogens with zero attached hydrogens (tertiary/aromatic N) is 1. The average molecular weight is 415 g/mol. The minimum absolute atomic E-state index is 0.0314. The van der Waals surface area contributed by atoms with Gasteiger partial charge >= 0.3 is 0 Å². The second-order valence-electron chi connectivity index (χ2n) is 7.28. The molecule has 1 aliphatic rings. The standard InChI is InChI=1S/C25H25N3O3/c29-24(26-14-16-31-22-10-2-1-3-11-22)18-27-21-9-6-8-20(17-21)25(30)28-15-13-19-7-4-5-12-23(19)28/h1-12,17,27H,13-16,18H2,(H,26,29). The zero-order valence-electron chi connectivity index (χ0n) is 17.2. The fourth-order valence-corrected chi connectivity index (χ4v) is 3.59. The van der Waals surface area contributed by atoms with Gasteiger partial charge < -0.3 is 20.3 Å². The number of fused-ring (bicyclic) bond motifs is 1. The van der Waals surface area contributed by atoms with Gasteiger partial charge in [0, 0.05) is 23.5 Å². The van der Waals surface area contributed by atoms with Crippen LogP contribution in [-0.4, -0.2) is 38.1 Å². The van der Waals surface area contributed by atoms with Gasteiger partial charge in [-0.25, -0.2) is 0 Å². The first-order valence-electron chi connectivity index (χ1n) is 10.4. The minimum atomic E-state index is -0.137. The Hall–Kier alpha value is -3.80. The van der Waals surface area contributed by atoms with E-state index in [4.69, 9.17) is 4.74 Å². The summed E-state index contributed by atoms with van der Waals surface area (Å²) in [6.07, 6.45) is 0.869. The molecule has 1 heterocycles. The molecule has 0 fully saturated rings. The number of carbonyl (C=O) groups is 2. The monoisotopic (exact) mass is 415 g/mol. The first kappa shape index (κ1) is 20.5. The van der Waals surface area contributed by atoms with Crippen molar-refractivity contribution >= 4 is 23.2 Å². The third-order valence-corrected chi connectivity index (χ3v) is 5.13. The highest BCUT2D eigenvalue weighted by atomic mass is 16.5. The molecule has 0 aliphatic carbocycles. The number of amides is 2. The molecule has 2 N–H and O–H groups in total. The normalized spacial score (nSPS) is 12.2. The van der Waals surface area contributed by atoms with Crippen LogP contribution >= 0.6 is 0 Å². The Bertz CT molecular complexity index is 1050. The van der Waals surface area contributed by atoms with Crippen molar-refractivity contribution in [1.29, 1.82) is 0 Å². The molecule has 0 saturated carbocycles. The average Bonchev–Trinajstić information content (AvgIpc) is 3.25. The highest BCUT2D eigenvalue weighted by molar-refractivity contribution is 6.07. The number of benzene rings is 3. The minimum Gasteiger partial charge on any atom is -0.492 e. The summed E-state index contributed by atoms with van der Waals surface area (Å²) in [5.41, 5.74) is 3.49. The number of anilines is 2. The van der Waals surface area contributed by atoms with E-state index in [1.807, 2.05) is 65.6 Å². The summed E-state index contributed by atoms with van der Waals surface area (Å²) in [5.74, 6) is 0.606. The van der Waals surface area contributed by atoms with Crippen molar-refractivity contribution in [3.63, 3.8) is 0 Å². The number of para-hydroxylation sites is 2. The van der Waals surface area contributed by atoms with Crippen molar-refractivity contribution in [2.24, 2.45) is 0 Å². The van der Waals surface area contributed by atoms with Gasteiger partial charge in [0.2, 0.25) is 5.91 Å². The van der Waals surface area contributed by atoms with E-state index in [1.165, 1.54) is 5.56 Å². The SMILES string of the molecule is O=C(CNc1cccc(C(=O)N2CCc3ccccc32)c1)NCCOc1ccccc1. The van der Waals surface area contributed by atoms with E-state index >= 15 is 0 Å². The molecule has 0 aromatic heterocycles. The van der Waals surface area contributed by atoms with Crippen molar-refractivity contribution in [3.05, 3.63) is 90.0 Å². The first-order chi connectivity index (χ1) is 15.2.